The fourth-order valence-corrected chi connectivity index (χ4v) is 0.889. The Morgan fingerprint density at radius 3 is 3.00 bits per heavy atom. The second-order valence-corrected chi connectivity index (χ2v) is 2.48. The molecule has 0 saturated carbocycles. The quantitative estimate of drug-likeness (QED) is 0.624. The Balaban J connectivity index is 2.41. The molecule has 0 amide bonds. The van der Waals surface area contributed by atoms with E-state index in [0.29, 0.717) is 13.2 Å². The topological polar surface area (TPSA) is 76.8 Å². The average Bonchev–Trinajstić information content (AvgIpc) is 2.50. The molecule has 1 aromatic rings. The van der Waals surface area contributed by atoms with Crippen molar-refractivity contribution in [1.82, 2.24) is 15.2 Å². The van der Waals surface area contributed by atoms with Gasteiger partial charge in [-0.15, -0.1) is 0 Å². The Morgan fingerprint density at radius 2 is 2.33 bits per heavy atom. The number of nitrogens with zero attached hydrogens (tertiary/aromatic N) is 2. The zero-order valence-electron chi connectivity index (χ0n) is 7.21. The number of H-pyrrole nitrogens is 1. The van der Waals surface area contributed by atoms with E-state index >= 15 is 0 Å². The van der Waals surface area contributed by atoms with Crippen LogP contribution in [0.15, 0.2) is 0 Å². The van der Waals surface area contributed by atoms with Crippen LogP contribution in [0.25, 0.3) is 0 Å². The lowest BCUT2D eigenvalue weighted by atomic mass is 10.4. The van der Waals surface area contributed by atoms with Crippen molar-refractivity contribution >= 4 is 0 Å². The van der Waals surface area contributed by atoms with Gasteiger partial charge >= 0.3 is 0 Å². The molecule has 12 heavy (non-hydrogen) atoms. The summed E-state index contributed by atoms with van der Waals surface area (Å²) in [7, 11) is 1.66. The molecule has 1 rings (SSSR count). The number of ether oxygens (including phenoxy) is 1. The maximum Gasteiger partial charge on any atom is 0.152 e. The molecule has 5 heteroatoms. The highest BCUT2D eigenvalue weighted by molar-refractivity contribution is 4.90. The van der Waals surface area contributed by atoms with Gasteiger partial charge in [0, 0.05) is 20.0 Å². The molecule has 0 aromatic carbocycles. The fourth-order valence-electron chi connectivity index (χ4n) is 0.889. The molecule has 0 saturated heterocycles. The highest BCUT2D eigenvalue weighted by Gasteiger charge is 2.00. The van der Waals surface area contributed by atoms with Crippen LogP contribution in [0.5, 0.6) is 0 Å². The molecule has 1 heterocycles. The Labute approximate surface area is 71.3 Å². The van der Waals surface area contributed by atoms with Crippen molar-refractivity contribution in [3.05, 3.63) is 11.6 Å². The van der Waals surface area contributed by atoms with Gasteiger partial charge in [0.2, 0.25) is 0 Å². The molecule has 0 bridgehead atoms. The van der Waals surface area contributed by atoms with Gasteiger partial charge in [-0.2, -0.15) is 5.10 Å². The fraction of sp³-hybridized carbons (Fsp3) is 0.714. The number of nitrogens with two attached hydrogens (primary N) is 1. The standard InChI is InChI=1S/C7H14N4O/c1-12-5-3-7-9-6(2-4-8)10-11-7/h2-5,8H2,1H3,(H,9,10,11). The van der Waals surface area contributed by atoms with Crippen LogP contribution >= 0.6 is 0 Å². The second-order valence-electron chi connectivity index (χ2n) is 2.48. The minimum absolute atomic E-state index is 0.596. The predicted molar refractivity (Wildman–Crippen MR) is 44.7 cm³/mol. The Hall–Kier alpha value is -0.940. The van der Waals surface area contributed by atoms with Gasteiger partial charge in [0.25, 0.3) is 0 Å². The van der Waals surface area contributed by atoms with E-state index < -0.39 is 0 Å². The van der Waals surface area contributed by atoms with Crippen molar-refractivity contribution in [3.63, 3.8) is 0 Å². The molecule has 0 aliphatic rings. The van der Waals surface area contributed by atoms with E-state index in [9.17, 15) is 0 Å². The normalized spacial score (nSPS) is 10.5. The molecule has 0 aliphatic carbocycles. The van der Waals surface area contributed by atoms with Crippen molar-refractivity contribution in [2.75, 3.05) is 20.3 Å². The Bertz CT molecular complexity index is 223. The smallest absolute Gasteiger partial charge is 0.152 e. The molecule has 0 atom stereocenters. The van der Waals surface area contributed by atoms with Crippen LogP contribution in [0.1, 0.15) is 11.6 Å². The summed E-state index contributed by atoms with van der Waals surface area (Å²) in [5.41, 5.74) is 5.36. The predicted octanol–water partition coefficient (Wildman–Crippen LogP) is -0.505. The molecule has 0 spiro atoms. The van der Waals surface area contributed by atoms with E-state index in [4.69, 9.17) is 10.5 Å². The zero-order valence-corrected chi connectivity index (χ0v) is 7.21. The van der Waals surface area contributed by atoms with E-state index in [-0.39, 0.29) is 0 Å². The highest BCUT2D eigenvalue weighted by Crippen LogP contribution is 1.94. The number of hydrogen-bond acceptors (Lipinski definition) is 4. The summed E-state index contributed by atoms with van der Waals surface area (Å²) in [4.78, 5) is 4.21. The van der Waals surface area contributed by atoms with Crippen LogP contribution < -0.4 is 5.73 Å². The third kappa shape index (κ3) is 2.60. The second kappa shape index (κ2) is 4.84. The summed E-state index contributed by atoms with van der Waals surface area (Å²) in [5, 5.41) is 6.82. The minimum atomic E-state index is 0.596. The number of rotatable bonds is 5. The number of aromatic amines is 1. The molecule has 0 unspecified atom stereocenters. The van der Waals surface area contributed by atoms with Gasteiger partial charge in [0.15, 0.2) is 5.82 Å². The van der Waals surface area contributed by atoms with Gasteiger partial charge in [-0.05, 0) is 6.54 Å². The first kappa shape index (κ1) is 9.15. The summed E-state index contributed by atoms with van der Waals surface area (Å²) in [6.45, 7) is 1.25. The first-order valence-corrected chi connectivity index (χ1v) is 3.96. The lowest BCUT2D eigenvalue weighted by Crippen LogP contribution is -2.04. The molecule has 0 fully saturated rings. The maximum absolute atomic E-state index is 5.36. The van der Waals surface area contributed by atoms with E-state index in [1.807, 2.05) is 0 Å². The van der Waals surface area contributed by atoms with Gasteiger partial charge in [0.05, 0.1) is 6.61 Å². The average molecular weight is 170 g/mol. The lowest BCUT2D eigenvalue weighted by Gasteiger charge is -1.91. The number of methoxy groups -OCH3 is 1. The molecule has 68 valence electrons. The van der Waals surface area contributed by atoms with E-state index in [1.165, 1.54) is 0 Å². The third-order valence-corrected chi connectivity index (χ3v) is 1.49. The zero-order chi connectivity index (χ0) is 8.81. The lowest BCUT2D eigenvalue weighted by molar-refractivity contribution is 0.200. The van der Waals surface area contributed by atoms with E-state index in [1.54, 1.807) is 7.11 Å². The van der Waals surface area contributed by atoms with Crippen molar-refractivity contribution in [2.24, 2.45) is 5.73 Å². The summed E-state index contributed by atoms with van der Waals surface area (Å²) in [6, 6.07) is 0. The van der Waals surface area contributed by atoms with Crippen molar-refractivity contribution in [3.8, 4) is 0 Å². The third-order valence-electron chi connectivity index (χ3n) is 1.49. The molecule has 0 radical (unpaired) electrons. The first-order valence-electron chi connectivity index (χ1n) is 3.96. The molecule has 0 aliphatic heterocycles. The SMILES string of the molecule is COCCc1n[nH]c(CCN)n1. The molecule has 5 nitrogen and oxygen atoms in total. The summed E-state index contributed by atoms with van der Waals surface area (Å²) in [5.74, 6) is 1.64. The first-order chi connectivity index (χ1) is 5.86. The molecular formula is C7H14N4O. The van der Waals surface area contributed by atoms with Crippen LogP contribution in [0.3, 0.4) is 0 Å². The van der Waals surface area contributed by atoms with Crippen LogP contribution in [0.2, 0.25) is 0 Å². The van der Waals surface area contributed by atoms with Gasteiger partial charge in [-0.1, -0.05) is 0 Å². The minimum Gasteiger partial charge on any atom is -0.384 e. The van der Waals surface area contributed by atoms with Crippen LogP contribution in [-0.2, 0) is 17.6 Å². The van der Waals surface area contributed by atoms with Crippen molar-refractivity contribution in [1.29, 1.82) is 0 Å². The monoisotopic (exact) mass is 170 g/mol. The molecule has 3 N–H and O–H groups in total. The number of nitrogens with one attached hydrogen (secondary N) is 1. The van der Waals surface area contributed by atoms with Crippen molar-refractivity contribution < 1.29 is 4.74 Å². The number of aromatic nitrogens is 3. The van der Waals surface area contributed by atoms with Gasteiger partial charge in [-0.3, -0.25) is 5.10 Å². The maximum atomic E-state index is 5.36. The number of hydrogen-bond donors (Lipinski definition) is 2. The van der Waals surface area contributed by atoms with Gasteiger partial charge < -0.3 is 10.5 Å². The van der Waals surface area contributed by atoms with Gasteiger partial charge in [0.1, 0.15) is 5.82 Å². The molecule has 1 aromatic heterocycles. The Kier molecular flexibility index (Phi) is 3.69. The van der Waals surface area contributed by atoms with Gasteiger partial charge in [-0.25, -0.2) is 4.98 Å². The summed E-state index contributed by atoms with van der Waals surface area (Å²) >= 11 is 0. The Morgan fingerprint density at radius 1 is 1.50 bits per heavy atom. The summed E-state index contributed by atoms with van der Waals surface area (Å²) in [6.07, 6.45) is 1.50. The summed E-state index contributed by atoms with van der Waals surface area (Å²) < 4.78 is 4.90. The van der Waals surface area contributed by atoms with Crippen LogP contribution in [-0.4, -0.2) is 35.4 Å². The molecular weight excluding hydrogens is 156 g/mol. The van der Waals surface area contributed by atoms with E-state index in [2.05, 4.69) is 15.2 Å². The highest BCUT2D eigenvalue weighted by atomic mass is 16.5. The van der Waals surface area contributed by atoms with E-state index in [0.717, 1.165) is 24.5 Å². The van der Waals surface area contributed by atoms with Crippen LogP contribution in [0, 0.1) is 0 Å². The van der Waals surface area contributed by atoms with Crippen LogP contribution in [0.4, 0.5) is 0 Å². The van der Waals surface area contributed by atoms with Crippen molar-refractivity contribution in [2.45, 2.75) is 12.8 Å². The largest absolute Gasteiger partial charge is 0.384 e.